The average Bonchev–Trinajstić information content (AvgIpc) is 3.48. The van der Waals surface area contributed by atoms with Gasteiger partial charge in [0.25, 0.3) is 6.43 Å². The molecule has 0 radical (unpaired) electrons. The highest BCUT2D eigenvalue weighted by Gasteiger charge is 2.56. The number of carbonyl (C=O) groups is 1. The molecule has 1 aromatic heterocycles. The highest BCUT2D eigenvalue weighted by molar-refractivity contribution is 5.88. The number of nitrogens with one attached hydrogen (secondary N) is 1. The molecule has 140 valence electrons. The first-order valence-corrected chi connectivity index (χ1v) is 8.58. The Morgan fingerprint density at radius 2 is 2.04 bits per heavy atom. The summed E-state index contributed by atoms with van der Waals surface area (Å²) in [6.07, 6.45) is 2.34. The van der Waals surface area contributed by atoms with Crippen LogP contribution in [0, 0.1) is 11.3 Å². The first kappa shape index (κ1) is 18.4. The van der Waals surface area contributed by atoms with Crippen LogP contribution in [0.4, 0.5) is 14.5 Å². The number of nitrogens with zero attached hydrogens (tertiary/aromatic N) is 2. The van der Waals surface area contributed by atoms with Gasteiger partial charge >= 0.3 is 5.97 Å². The van der Waals surface area contributed by atoms with E-state index in [4.69, 9.17) is 10.8 Å². The average molecular weight is 362 g/mol. The number of halogens is 2. The first-order chi connectivity index (χ1) is 12.2. The summed E-state index contributed by atoms with van der Waals surface area (Å²) in [6.45, 7) is 2.41. The smallest absolute Gasteiger partial charge is 0.339 e. The zero-order valence-corrected chi connectivity index (χ0v) is 14.7. The van der Waals surface area contributed by atoms with Gasteiger partial charge in [0.15, 0.2) is 0 Å². The van der Waals surface area contributed by atoms with Crippen LogP contribution in [0.2, 0.25) is 0 Å². The molecule has 2 N–H and O–H groups in total. The van der Waals surface area contributed by atoms with E-state index in [1.165, 1.54) is 31.9 Å². The van der Waals surface area contributed by atoms with E-state index in [0.717, 1.165) is 22.5 Å². The van der Waals surface area contributed by atoms with Gasteiger partial charge in [-0.3, -0.25) is 4.68 Å². The molecule has 5 nitrogen and oxygen atoms in total. The van der Waals surface area contributed by atoms with E-state index in [1.54, 1.807) is 0 Å². The van der Waals surface area contributed by atoms with Crippen molar-refractivity contribution < 1.29 is 18.7 Å². The molecule has 7 heteroatoms. The molecule has 2 saturated carbocycles. The lowest BCUT2D eigenvalue weighted by Crippen LogP contribution is -1.99. The van der Waals surface area contributed by atoms with Crippen molar-refractivity contribution >= 4 is 11.7 Å². The van der Waals surface area contributed by atoms with Crippen molar-refractivity contribution in [2.24, 2.45) is 18.4 Å². The van der Waals surface area contributed by atoms with Gasteiger partial charge in [0, 0.05) is 13.2 Å². The molecular formula is C19H22F2N3O2-. The minimum absolute atomic E-state index is 0.451. The number of carboxylic acids is 1. The Morgan fingerprint density at radius 1 is 1.38 bits per heavy atom. The fourth-order valence-electron chi connectivity index (χ4n) is 3.53. The normalized spacial score (nSPS) is 22.5. The Labute approximate surface area is 150 Å². The van der Waals surface area contributed by atoms with Crippen molar-refractivity contribution in [2.45, 2.75) is 38.5 Å². The van der Waals surface area contributed by atoms with E-state index in [9.17, 15) is 13.6 Å². The summed E-state index contributed by atoms with van der Waals surface area (Å²) in [5, 5.41) is 11.8. The summed E-state index contributed by atoms with van der Waals surface area (Å²) in [5.74, 6) is 0.198. The highest BCUT2D eigenvalue weighted by atomic mass is 19.3. The SMILES string of the molecule is CC1(C2CC2c2ccccc2[NH-])CC1.Cn1cc(C(=O)O)c(C(F)F)n1. The Kier molecular flexibility index (Phi) is 4.73. The quantitative estimate of drug-likeness (QED) is 0.798. The van der Waals surface area contributed by atoms with Gasteiger partial charge in [-0.1, -0.05) is 36.8 Å². The number of alkyl halides is 2. The number of rotatable bonds is 4. The van der Waals surface area contributed by atoms with Crippen LogP contribution in [-0.4, -0.2) is 20.9 Å². The maximum atomic E-state index is 12.1. The summed E-state index contributed by atoms with van der Waals surface area (Å²) in [4.78, 5) is 10.4. The second-order valence-corrected chi connectivity index (χ2v) is 7.40. The summed E-state index contributed by atoms with van der Waals surface area (Å²) in [6, 6.07) is 8.08. The Balaban J connectivity index is 0.000000153. The first-order valence-electron chi connectivity index (χ1n) is 8.58. The Morgan fingerprint density at radius 3 is 2.54 bits per heavy atom. The molecule has 0 bridgehead atoms. The molecule has 4 rings (SSSR count). The number of aryl methyl sites for hydroxylation is 1. The van der Waals surface area contributed by atoms with Gasteiger partial charge in [-0.25, -0.2) is 13.6 Å². The number of hydrogen-bond acceptors (Lipinski definition) is 2. The number of carboxylic acid groups (broad SMARTS) is 1. The topological polar surface area (TPSA) is 78.9 Å². The fourth-order valence-corrected chi connectivity index (χ4v) is 3.53. The van der Waals surface area contributed by atoms with E-state index in [1.807, 2.05) is 12.1 Å². The zero-order chi connectivity index (χ0) is 19.1. The molecule has 2 aromatic rings. The molecule has 2 fully saturated rings. The van der Waals surface area contributed by atoms with Crippen LogP contribution in [0.25, 0.3) is 5.73 Å². The summed E-state index contributed by atoms with van der Waals surface area (Å²) in [5.41, 5.74) is 9.38. The van der Waals surface area contributed by atoms with E-state index in [0.29, 0.717) is 11.3 Å². The Bertz CT molecular complexity index is 815. The Hall–Kier alpha value is -2.44. The van der Waals surface area contributed by atoms with E-state index in [-0.39, 0.29) is 0 Å². The van der Waals surface area contributed by atoms with Crippen LogP contribution in [0.3, 0.4) is 0 Å². The molecule has 1 heterocycles. The van der Waals surface area contributed by atoms with Crippen molar-refractivity contribution in [2.75, 3.05) is 0 Å². The maximum Gasteiger partial charge on any atom is 0.339 e. The maximum absolute atomic E-state index is 12.1. The lowest BCUT2D eigenvalue weighted by atomic mass is 9.98. The lowest BCUT2D eigenvalue weighted by Gasteiger charge is -2.13. The molecule has 0 aliphatic heterocycles. The van der Waals surface area contributed by atoms with Crippen LogP contribution in [-0.2, 0) is 7.05 Å². The van der Waals surface area contributed by atoms with Gasteiger partial charge in [0.2, 0.25) is 0 Å². The number of aromatic carboxylic acids is 1. The lowest BCUT2D eigenvalue weighted by molar-refractivity contribution is 0.0684. The largest absolute Gasteiger partial charge is 0.698 e. The van der Waals surface area contributed by atoms with Crippen molar-refractivity contribution in [1.29, 1.82) is 0 Å². The number of benzene rings is 1. The number of hydrogen-bond donors (Lipinski definition) is 1. The third kappa shape index (κ3) is 3.71. The van der Waals surface area contributed by atoms with Gasteiger partial charge in [-0.2, -0.15) is 5.10 Å². The van der Waals surface area contributed by atoms with E-state index in [2.05, 4.69) is 24.2 Å². The molecular weight excluding hydrogens is 340 g/mol. The van der Waals surface area contributed by atoms with Gasteiger partial charge in [-0.05, 0) is 36.5 Å². The molecule has 0 spiro atoms. The monoisotopic (exact) mass is 362 g/mol. The molecule has 26 heavy (non-hydrogen) atoms. The standard InChI is InChI=1S/C13H16N.C6H6F2N2O2/c1-13(6-7-13)11-8-10(11)9-4-2-3-5-12(9)14;1-10-2-3(6(11)12)4(9-10)5(7)8/h2-5,10-11,14H,6-8H2,1H3;2,5H,1H3,(H,11,12)/q-1;. The fraction of sp³-hybridized carbons (Fsp3) is 0.474. The van der Waals surface area contributed by atoms with E-state index < -0.39 is 23.7 Å². The summed E-state index contributed by atoms with van der Waals surface area (Å²) in [7, 11) is 1.39. The van der Waals surface area contributed by atoms with Gasteiger partial charge in [-0.15, -0.1) is 5.69 Å². The van der Waals surface area contributed by atoms with E-state index >= 15 is 0 Å². The molecule has 2 atom stereocenters. The second-order valence-electron chi connectivity index (χ2n) is 7.40. The van der Waals surface area contributed by atoms with Crippen LogP contribution in [0.1, 0.15) is 60.1 Å². The second kappa shape index (κ2) is 6.70. The molecule has 0 saturated heterocycles. The minimum atomic E-state index is -2.85. The molecule has 2 aliphatic rings. The summed E-state index contributed by atoms with van der Waals surface area (Å²) < 4.78 is 25.2. The van der Waals surface area contributed by atoms with Crippen LogP contribution in [0.5, 0.6) is 0 Å². The minimum Gasteiger partial charge on any atom is -0.698 e. The molecule has 2 unspecified atom stereocenters. The van der Waals surface area contributed by atoms with Crippen molar-refractivity contribution in [1.82, 2.24) is 9.78 Å². The van der Waals surface area contributed by atoms with Crippen molar-refractivity contribution in [3.8, 4) is 0 Å². The van der Waals surface area contributed by atoms with Crippen LogP contribution >= 0.6 is 0 Å². The molecule has 2 aliphatic carbocycles. The molecule has 0 amide bonds. The predicted octanol–water partition coefficient (Wildman–Crippen LogP) is 5.33. The number of aromatic nitrogens is 2. The summed E-state index contributed by atoms with van der Waals surface area (Å²) >= 11 is 0. The van der Waals surface area contributed by atoms with Crippen LogP contribution in [0.15, 0.2) is 30.5 Å². The van der Waals surface area contributed by atoms with Crippen molar-refractivity contribution in [3.05, 3.63) is 53.0 Å². The predicted molar refractivity (Wildman–Crippen MR) is 93.7 cm³/mol. The van der Waals surface area contributed by atoms with Gasteiger partial charge < -0.3 is 10.8 Å². The molecule has 1 aromatic carbocycles. The highest BCUT2D eigenvalue weighted by Crippen LogP contribution is 2.67. The van der Waals surface area contributed by atoms with Crippen molar-refractivity contribution in [3.63, 3.8) is 0 Å². The third-order valence-electron chi connectivity index (χ3n) is 5.38. The van der Waals surface area contributed by atoms with Crippen LogP contribution < -0.4 is 0 Å². The van der Waals surface area contributed by atoms with Gasteiger partial charge in [0.05, 0.1) is 0 Å². The third-order valence-corrected chi connectivity index (χ3v) is 5.38. The zero-order valence-electron chi connectivity index (χ0n) is 14.7. The van der Waals surface area contributed by atoms with Gasteiger partial charge in [0.1, 0.15) is 11.3 Å².